The molecule has 2 heterocycles. The molecular formula is C21H22N4O3. The van der Waals surface area contributed by atoms with Crippen molar-refractivity contribution in [2.75, 3.05) is 24.5 Å². The Kier molecular flexibility index (Phi) is 5.14. The van der Waals surface area contributed by atoms with Gasteiger partial charge in [-0.15, -0.1) is 0 Å². The van der Waals surface area contributed by atoms with Gasteiger partial charge in [0.05, 0.1) is 7.11 Å². The number of hydrogen-bond acceptors (Lipinski definition) is 7. The van der Waals surface area contributed by atoms with Gasteiger partial charge in [0.25, 0.3) is 0 Å². The van der Waals surface area contributed by atoms with Crippen LogP contribution in [0.15, 0.2) is 48.5 Å². The van der Waals surface area contributed by atoms with Gasteiger partial charge in [-0.05, 0) is 42.3 Å². The molecular weight excluding hydrogens is 356 g/mol. The number of aromatic nitrogens is 2. The van der Waals surface area contributed by atoms with Crippen LogP contribution in [0, 0.1) is 6.92 Å². The van der Waals surface area contributed by atoms with Crippen molar-refractivity contribution in [1.29, 1.82) is 0 Å². The monoisotopic (exact) mass is 378 g/mol. The number of hydrogen-bond donors (Lipinski definition) is 2. The van der Waals surface area contributed by atoms with Crippen LogP contribution < -0.4 is 24.8 Å². The normalized spacial score (nSPS) is 11.9. The molecule has 0 unspecified atom stereocenters. The van der Waals surface area contributed by atoms with Gasteiger partial charge in [0.2, 0.25) is 12.7 Å². The fraction of sp³-hybridized carbons (Fsp3) is 0.238. The van der Waals surface area contributed by atoms with Crippen molar-refractivity contribution < 1.29 is 14.2 Å². The number of benzene rings is 2. The number of anilines is 2. The molecule has 2 aromatic carbocycles. The van der Waals surface area contributed by atoms with Crippen LogP contribution in [0.4, 0.5) is 11.8 Å². The second-order valence-corrected chi connectivity index (χ2v) is 6.46. The Labute approximate surface area is 163 Å². The van der Waals surface area contributed by atoms with Crippen molar-refractivity contribution in [2.24, 2.45) is 0 Å². The van der Waals surface area contributed by atoms with Gasteiger partial charge >= 0.3 is 0 Å². The van der Waals surface area contributed by atoms with Gasteiger partial charge in [0.1, 0.15) is 11.6 Å². The highest BCUT2D eigenvalue weighted by molar-refractivity contribution is 5.47. The van der Waals surface area contributed by atoms with Gasteiger partial charge in [-0.25, -0.2) is 4.98 Å². The van der Waals surface area contributed by atoms with Crippen LogP contribution in [0.3, 0.4) is 0 Å². The maximum Gasteiger partial charge on any atom is 0.231 e. The lowest BCUT2D eigenvalue weighted by Gasteiger charge is -2.11. The highest BCUT2D eigenvalue weighted by atomic mass is 16.7. The molecule has 144 valence electrons. The number of aryl methyl sites for hydroxylation is 1. The van der Waals surface area contributed by atoms with E-state index in [2.05, 4.69) is 20.6 Å². The minimum Gasteiger partial charge on any atom is -0.497 e. The quantitative estimate of drug-likeness (QED) is 0.648. The Morgan fingerprint density at radius 1 is 0.893 bits per heavy atom. The molecule has 0 bridgehead atoms. The number of methoxy groups -OCH3 is 1. The molecule has 0 fully saturated rings. The molecule has 2 N–H and O–H groups in total. The van der Waals surface area contributed by atoms with Crippen molar-refractivity contribution in [3.05, 3.63) is 65.4 Å². The summed E-state index contributed by atoms with van der Waals surface area (Å²) in [6.07, 6.45) is 0. The summed E-state index contributed by atoms with van der Waals surface area (Å²) < 4.78 is 16.0. The predicted octanol–water partition coefficient (Wildman–Crippen LogP) is 3.75. The maximum absolute atomic E-state index is 5.42. The standard InChI is InChI=1S/C21H22N4O3/c1-14-9-20(22-12-16-5-8-18-19(10-16)28-13-27-18)25-21(24-14)23-11-15-3-6-17(26-2)7-4-15/h3-10H,11-13H2,1-2H3,(H2,22,23,24,25). The topological polar surface area (TPSA) is 77.5 Å². The molecule has 3 aromatic rings. The molecule has 1 aromatic heterocycles. The number of ether oxygens (including phenoxy) is 3. The molecule has 0 aliphatic carbocycles. The number of nitrogens with one attached hydrogen (secondary N) is 2. The van der Waals surface area contributed by atoms with Gasteiger partial charge in [-0.1, -0.05) is 18.2 Å². The van der Waals surface area contributed by atoms with Crippen LogP contribution in [-0.2, 0) is 13.1 Å². The predicted molar refractivity (Wildman–Crippen MR) is 107 cm³/mol. The second kappa shape index (κ2) is 8.04. The summed E-state index contributed by atoms with van der Waals surface area (Å²) in [7, 11) is 1.66. The number of nitrogens with zero attached hydrogens (tertiary/aromatic N) is 2. The zero-order valence-electron chi connectivity index (χ0n) is 15.9. The van der Waals surface area contributed by atoms with E-state index in [0.717, 1.165) is 39.9 Å². The summed E-state index contributed by atoms with van der Waals surface area (Å²) in [5.74, 6) is 3.75. The second-order valence-electron chi connectivity index (χ2n) is 6.46. The molecule has 1 aliphatic heterocycles. The van der Waals surface area contributed by atoms with Crippen molar-refractivity contribution in [1.82, 2.24) is 9.97 Å². The van der Waals surface area contributed by atoms with Crippen LogP contribution in [0.25, 0.3) is 0 Å². The zero-order chi connectivity index (χ0) is 19.3. The zero-order valence-corrected chi connectivity index (χ0v) is 15.9. The molecule has 7 nitrogen and oxygen atoms in total. The molecule has 0 saturated heterocycles. The lowest BCUT2D eigenvalue weighted by Crippen LogP contribution is -2.08. The Balaban J connectivity index is 1.38. The summed E-state index contributed by atoms with van der Waals surface area (Å²) in [6, 6.07) is 15.7. The molecule has 4 rings (SSSR count). The van der Waals surface area contributed by atoms with E-state index in [1.807, 2.05) is 55.5 Å². The van der Waals surface area contributed by atoms with Crippen molar-refractivity contribution in [2.45, 2.75) is 20.0 Å². The maximum atomic E-state index is 5.42. The van der Waals surface area contributed by atoms with E-state index in [9.17, 15) is 0 Å². The van der Waals surface area contributed by atoms with Gasteiger partial charge in [0.15, 0.2) is 11.5 Å². The lowest BCUT2D eigenvalue weighted by atomic mass is 10.2. The van der Waals surface area contributed by atoms with E-state index in [4.69, 9.17) is 14.2 Å². The van der Waals surface area contributed by atoms with Gasteiger partial charge < -0.3 is 24.8 Å². The van der Waals surface area contributed by atoms with Gasteiger partial charge in [-0.3, -0.25) is 0 Å². The summed E-state index contributed by atoms with van der Waals surface area (Å²) in [5, 5.41) is 6.61. The minimum atomic E-state index is 0.278. The van der Waals surface area contributed by atoms with E-state index in [0.29, 0.717) is 19.0 Å². The smallest absolute Gasteiger partial charge is 0.231 e. The number of fused-ring (bicyclic) bond motifs is 1. The van der Waals surface area contributed by atoms with Crippen LogP contribution in [-0.4, -0.2) is 23.9 Å². The molecule has 0 amide bonds. The van der Waals surface area contributed by atoms with Crippen LogP contribution in [0.2, 0.25) is 0 Å². The van der Waals surface area contributed by atoms with E-state index < -0.39 is 0 Å². The first-order chi connectivity index (χ1) is 13.7. The highest BCUT2D eigenvalue weighted by Crippen LogP contribution is 2.32. The Morgan fingerprint density at radius 2 is 1.64 bits per heavy atom. The minimum absolute atomic E-state index is 0.278. The summed E-state index contributed by atoms with van der Waals surface area (Å²) in [4.78, 5) is 9.02. The fourth-order valence-corrected chi connectivity index (χ4v) is 2.91. The first kappa shape index (κ1) is 17.9. The van der Waals surface area contributed by atoms with Crippen molar-refractivity contribution >= 4 is 11.8 Å². The summed E-state index contributed by atoms with van der Waals surface area (Å²) in [5.41, 5.74) is 3.11. The third-order valence-electron chi connectivity index (χ3n) is 4.37. The summed E-state index contributed by atoms with van der Waals surface area (Å²) in [6.45, 7) is 3.49. The molecule has 7 heteroatoms. The molecule has 0 atom stereocenters. The molecule has 0 spiro atoms. The third-order valence-corrected chi connectivity index (χ3v) is 4.37. The Hall–Kier alpha value is -3.48. The SMILES string of the molecule is COc1ccc(CNc2nc(C)cc(NCc3ccc4c(c3)OCO4)n2)cc1. The highest BCUT2D eigenvalue weighted by Gasteiger charge is 2.13. The molecule has 1 aliphatic rings. The van der Waals surface area contributed by atoms with E-state index in [1.165, 1.54) is 0 Å². The fourth-order valence-electron chi connectivity index (χ4n) is 2.91. The van der Waals surface area contributed by atoms with E-state index >= 15 is 0 Å². The van der Waals surface area contributed by atoms with Crippen LogP contribution >= 0.6 is 0 Å². The average molecular weight is 378 g/mol. The third kappa shape index (κ3) is 4.25. The average Bonchev–Trinajstić information content (AvgIpc) is 3.19. The van der Waals surface area contributed by atoms with Crippen LogP contribution in [0.5, 0.6) is 17.2 Å². The number of rotatable bonds is 7. The molecule has 0 radical (unpaired) electrons. The van der Waals surface area contributed by atoms with Crippen molar-refractivity contribution in [3.8, 4) is 17.2 Å². The summed E-state index contributed by atoms with van der Waals surface area (Å²) >= 11 is 0. The Bertz CT molecular complexity index is 960. The van der Waals surface area contributed by atoms with Crippen molar-refractivity contribution in [3.63, 3.8) is 0 Å². The molecule has 28 heavy (non-hydrogen) atoms. The first-order valence-corrected chi connectivity index (χ1v) is 9.04. The van der Waals surface area contributed by atoms with E-state index in [-0.39, 0.29) is 6.79 Å². The first-order valence-electron chi connectivity index (χ1n) is 9.04. The largest absolute Gasteiger partial charge is 0.497 e. The molecule has 0 saturated carbocycles. The van der Waals surface area contributed by atoms with Crippen LogP contribution in [0.1, 0.15) is 16.8 Å². The lowest BCUT2D eigenvalue weighted by molar-refractivity contribution is 0.174. The Morgan fingerprint density at radius 3 is 2.46 bits per heavy atom. The van der Waals surface area contributed by atoms with E-state index in [1.54, 1.807) is 7.11 Å². The van der Waals surface area contributed by atoms with Gasteiger partial charge in [-0.2, -0.15) is 4.98 Å². The van der Waals surface area contributed by atoms with Gasteiger partial charge in [0, 0.05) is 24.8 Å².